The molecule has 1 heterocycles. The van der Waals surface area contributed by atoms with Crippen molar-refractivity contribution in [1.29, 1.82) is 0 Å². The highest BCUT2D eigenvalue weighted by Crippen LogP contribution is 2.42. The van der Waals surface area contributed by atoms with Gasteiger partial charge in [0.05, 0.1) is 6.04 Å². The maximum absolute atomic E-state index is 12.9. The molecule has 0 bridgehead atoms. The van der Waals surface area contributed by atoms with Gasteiger partial charge in [0.2, 0.25) is 11.8 Å². The molecule has 5 nitrogen and oxygen atoms in total. The molecule has 1 aromatic heterocycles. The molecule has 5 heteroatoms. The summed E-state index contributed by atoms with van der Waals surface area (Å²) in [7, 11) is 0. The quantitative estimate of drug-likeness (QED) is 0.773. The van der Waals surface area contributed by atoms with Gasteiger partial charge in [-0.15, -0.1) is 0 Å². The lowest BCUT2D eigenvalue weighted by Crippen LogP contribution is -2.35. The van der Waals surface area contributed by atoms with Crippen LogP contribution in [0.5, 0.6) is 0 Å². The van der Waals surface area contributed by atoms with Crippen molar-refractivity contribution in [3.63, 3.8) is 0 Å². The van der Waals surface area contributed by atoms with Crippen molar-refractivity contribution in [2.75, 3.05) is 0 Å². The SMILES string of the molecule is CCc1noc(CCCC(=O)N(C2CC2)C2CCc3ccccc32)n1. The second-order valence-corrected chi connectivity index (χ2v) is 7.10. The van der Waals surface area contributed by atoms with Crippen LogP contribution in [0, 0.1) is 0 Å². The first-order chi connectivity index (χ1) is 12.3. The number of benzene rings is 1. The summed E-state index contributed by atoms with van der Waals surface area (Å²) in [5.74, 6) is 1.66. The molecule has 1 atom stereocenters. The molecule has 25 heavy (non-hydrogen) atoms. The Morgan fingerprint density at radius 2 is 2.12 bits per heavy atom. The summed E-state index contributed by atoms with van der Waals surface area (Å²) in [5.41, 5.74) is 2.76. The third-order valence-electron chi connectivity index (χ3n) is 5.27. The molecule has 1 amide bonds. The third-order valence-corrected chi connectivity index (χ3v) is 5.27. The van der Waals surface area contributed by atoms with Gasteiger partial charge >= 0.3 is 0 Å². The largest absolute Gasteiger partial charge is 0.339 e. The fourth-order valence-corrected chi connectivity index (χ4v) is 3.86. The van der Waals surface area contributed by atoms with E-state index in [-0.39, 0.29) is 11.9 Å². The van der Waals surface area contributed by atoms with Crippen molar-refractivity contribution in [2.45, 2.75) is 70.4 Å². The Bertz CT molecular complexity index is 751. The Balaban J connectivity index is 1.39. The normalized spacial score (nSPS) is 19.0. The molecular formula is C20H25N3O2. The number of hydrogen-bond donors (Lipinski definition) is 0. The first-order valence-electron chi connectivity index (χ1n) is 9.46. The fraction of sp³-hybridized carbons (Fsp3) is 0.550. The highest BCUT2D eigenvalue weighted by Gasteiger charge is 2.39. The van der Waals surface area contributed by atoms with Crippen LogP contribution in [0.2, 0.25) is 0 Å². The third kappa shape index (κ3) is 3.46. The number of nitrogens with zero attached hydrogens (tertiary/aromatic N) is 3. The van der Waals surface area contributed by atoms with Crippen LogP contribution in [0.1, 0.15) is 67.9 Å². The van der Waals surface area contributed by atoms with E-state index in [2.05, 4.69) is 39.3 Å². The fourth-order valence-electron chi connectivity index (χ4n) is 3.86. The maximum atomic E-state index is 12.9. The second-order valence-electron chi connectivity index (χ2n) is 7.10. The number of amides is 1. The van der Waals surface area contributed by atoms with Crippen molar-refractivity contribution in [1.82, 2.24) is 15.0 Å². The average Bonchev–Trinajstić information content (AvgIpc) is 3.20. The number of fused-ring (bicyclic) bond motifs is 1. The second kappa shape index (κ2) is 6.98. The summed E-state index contributed by atoms with van der Waals surface area (Å²) in [6, 6.07) is 9.30. The Morgan fingerprint density at radius 3 is 2.88 bits per heavy atom. The number of carbonyl (C=O) groups is 1. The van der Waals surface area contributed by atoms with Crippen LogP contribution in [0.3, 0.4) is 0 Å². The van der Waals surface area contributed by atoms with Gasteiger partial charge in [0, 0.05) is 25.3 Å². The summed E-state index contributed by atoms with van der Waals surface area (Å²) in [4.78, 5) is 19.4. The molecule has 1 aromatic carbocycles. The van der Waals surface area contributed by atoms with Gasteiger partial charge in [0.25, 0.3) is 0 Å². The summed E-state index contributed by atoms with van der Waals surface area (Å²) >= 11 is 0. The Labute approximate surface area is 148 Å². The number of rotatable bonds is 7. The van der Waals surface area contributed by atoms with Crippen molar-refractivity contribution < 1.29 is 9.32 Å². The van der Waals surface area contributed by atoms with E-state index in [1.807, 2.05) is 6.92 Å². The van der Waals surface area contributed by atoms with Crippen molar-refractivity contribution in [2.24, 2.45) is 0 Å². The molecule has 132 valence electrons. The number of carbonyl (C=O) groups excluding carboxylic acids is 1. The molecule has 0 aliphatic heterocycles. The van der Waals surface area contributed by atoms with Crippen molar-refractivity contribution in [3.05, 3.63) is 47.1 Å². The van der Waals surface area contributed by atoms with Gasteiger partial charge in [0.1, 0.15) is 0 Å². The van der Waals surface area contributed by atoms with Crippen molar-refractivity contribution >= 4 is 5.91 Å². The molecule has 0 radical (unpaired) electrons. The Hall–Kier alpha value is -2.17. The highest BCUT2D eigenvalue weighted by molar-refractivity contribution is 5.77. The van der Waals surface area contributed by atoms with Gasteiger partial charge in [-0.3, -0.25) is 4.79 Å². The molecule has 4 rings (SSSR count). The van der Waals surface area contributed by atoms with Gasteiger partial charge < -0.3 is 9.42 Å². The van der Waals surface area contributed by atoms with Crippen LogP contribution in [0.4, 0.5) is 0 Å². The zero-order valence-electron chi connectivity index (χ0n) is 14.8. The Kier molecular flexibility index (Phi) is 4.55. The van der Waals surface area contributed by atoms with Crippen LogP contribution in [-0.4, -0.2) is 27.0 Å². The summed E-state index contributed by atoms with van der Waals surface area (Å²) in [6.07, 6.45) is 7.21. The zero-order chi connectivity index (χ0) is 17.2. The summed E-state index contributed by atoms with van der Waals surface area (Å²) in [5, 5.41) is 3.91. The lowest BCUT2D eigenvalue weighted by molar-refractivity contribution is -0.134. The lowest BCUT2D eigenvalue weighted by atomic mass is 10.1. The minimum Gasteiger partial charge on any atom is -0.339 e. The number of aromatic nitrogens is 2. The molecule has 2 aliphatic carbocycles. The minimum atomic E-state index is 0.270. The first-order valence-corrected chi connectivity index (χ1v) is 9.46. The van der Waals surface area contributed by atoms with Gasteiger partial charge in [-0.1, -0.05) is 36.3 Å². The van der Waals surface area contributed by atoms with Gasteiger partial charge in [0.15, 0.2) is 5.82 Å². The monoisotopic (exact) mass is 339 g/mol. The molecular weight excluding hydrogens is 314 g/mol. The first kappa shape index (κ1) is 16.3. The van der Waals surface area contributed by atoms with Crippen LogP contribution in [0.15, 0.2) is 28.8 Å². The van der Waals surface area contributed by atoms with Crippen LogP contribution < -0.4 is 0 Å². The number of hydrogen-bond acceptors (Lipinski definition) is 4. The van der Waals surface area contributed by atoms with E-state index in [9.17, 15) is 4.79 Å². The minimum absolute atomic E-state index is 0.270. The molecule has 2 aromatic rings. The molecule has 1 fully saturated rings. The highest BCUT2D eigenvalue weighted by atomic mass is 16.5. The maximum Gasteiger partial charge on any atom is 0.226 e. The van der Waals surface area contributed by atoms with Crippen LogP contribution in [-0.2, 0) is 24.1 Å². The van der Waals surface area contributed by atoms with Gasteiger partial charge in [-0.25, -0.2) is 0 Å². The summed E-state index contributed by atoms with van der Waals surface area (Å²) in [6.45, 7) is 2.01. The van der Waals surface area contributed by atoms with Crippen molar-refractivity contribution in [3.8, 4) is 0 Å². The van der Waals surface area contributed by atoms with E-state index in [4.69, 9.17) is 4.52 Å². The summed E-state index contributed by atoms with van der Waals surface area (Å²) < 4.78 is 5.22. The van der Waals surface area contributed by atoms with Gasteiger partial charge in [-0.05, 0) is 43.2 Å². The van der Waals surface area contributed by atoms with Crippen LogP contribution >= 0.6 is 0 Å². The molecule has 1 unspecified atom stereocenters. The molecule has 0 N–H and O–H groups in total. The molecule has 0 saturated heterocycles. The predicted octanol–water partition coefficient (Wildman–Crippen LogP) is 3.63. The van der Waals surface area contributed by atoms with Gasteiger partial charge in [-0.2, -0.15) is 4.98 Å². The van der Waals surface area contributed by atoms with E-state index in [1.165, 1.54) is 11.1 Å². The van der Waals surface area contributed by atoms with E-state index >= 15 is 0 Å². The smallest absolute Gasteiger partial charge is 0.226 e. The molecule has 1 saturated carbocycles. The van der Waals surface area contributed by atoms with E-state index in [0.29, 0.717) is 24.8 Å². The predicted molar refractivity (Wildman–Crippen MR) is 94.0 cm³/mol. The topological polar surface area (TPSA) is 59.2 Å². The standard InChI is InChI=1S/C20H25N3O2/c1-2-18-21-19(25-22-18)8-5-9-20(24)23(15-11-12-15)17-13-10-14-6-3-4-7-16(14)17/h3-4,6-7,15,17H,2,5,8-13H2,1H3. The van der Waals surface area contributed by atoms with Crippen LogP contribution in [0.25, 0.3) is 0 Å². The molecule has 0 spiro atoms. The molecule has 2 aliphatic rings. The van der Waals surface area contributed by atoms with E-state index in [0.717, 1.165) is 44.3 Å². The average molecular weight is 339 g/mol. The number of aryl methyl sites for hydroxylation is 3. The van der Waals surface area contributed by atoms with E-state index in [1.54, 1.807) is 0 Å². The zero-order valence-corrected chi connectivity index (χ0v) is 14.8. The van der Waals surface area contributed by atoms with E-state index < -0.39 is 0 Å². The lowest BCUT2D eigenvalue weighted by Gasteiger charge is -2.30. The Morgan fingerprint density at radius 1 is 1.28 bits per heavy atom.